The van der Waals surface area contributed by atoms with Crippen molar-refractivity contribution in [2.75, 3.05) is 7.11 Å². The molecule has 0 saturated heterocycles. The number of hydrogen-bond acceptors (Lipinski definition) is 4. The van der Waals surface area contributed by atoms with Gasteiger partial charge in [-0.1, -0.05) is 11.6 Å². The molecule has 0 atom stereocenters. The number of halogens is 1. The van der Waals surface area contributed by atoms with Crippen LogP contribution in [0, 0.1) is 0 Å². The SMILES string of the molecule is COc1cc(Cl)cc(-c2cc(C(=O)O)nn2C)c1OC1CC1. The number of carbonyl (C=O) groups is 1. The number of nitrogens with zero attached hydrogens (tertiary/aromatic N) is 2. The molecule has 116 valence electrons. The van der Waals surface area contributed by atoms with Crippen molar-refractivity contribution < 1.29 is 19.4 Å². The van der Waals surface area contributed by atoms with E-state index in [0.717, 1.165) is 12.8 Å². The minimum absolute atomic E-state index is 0.0335. The topological polar surface area (TPSA) is 73.6 Å². The van der Waals surface area contributed by atoms with Crippen LogP contribution in [0.5, 0.6) is 11.5 Å². The van der Waals surface area contributed by atoms with Gasteiger partial charge in [-0.15, -0.1) is 0 Å². The lowest BCUT2D eigenvalue weighted by Gasteiger charge is -2.15. The summed E-state index contributed by atoms with van der Waals surface area (Å²) in [5, 5.41) is 13.6. The predicted molar refractivity (Wildman–Crippen MR) is 80.8 cm³/mol. The summed E-state index contributed by atoms with van der Waals surface area (Å²) in [6.45, 7) is 0. The Labute approximate surface area is 132 Å². The van der Waals surface area contributed by atoms with Crippen molar-refractivity contribution in [2.45, 2.75) is 18.9 Å². The van der Waals surface area contributed by atoms with Crippen molar-refractivity contribution in [3.63, 3.8) is 0 Å². The van der Waals surface area contributed by atoms with Gasteiger partial charge in [-0.05, 0) is 25.0 Å². The van der Waals surface area contributed by atoms with Gasteiger partial charge in [-0.3, -0.25) is 4.68 Å². The fraction of sp³-hybridized carbons (Fsp3) is 0.333. The van der Waals surface area contributed by atoms with Crippen molar-refractivity contribution >= 4 is 17.6 Å². The maximum atomic E-state index is 11.1. The second kappa shape index (κ2) is 5.53. The molecule has 0 radical (unpaired) electrons. The highest BCUT2D eigenvalue weighted by atomic mass is 35.5. The lowest BCUT2D eigenvalue weighted by Crippen LogP contribution is -2.03. The van der Waals surface area contributed by atoms with Crippen molar-refractivity contribution in [3.05, 3.63) is 28.9 Å². The first-order chi connectivity index (χ1) is 10.5. The standard InChI is InChI=1S/C15H15ClN2O4/c1-18-12(7-11(17-18)15(19)20)10-5-8(16)6-13(21-2)14(10)22-9-3-4-9/h5-7,9H,3-4H2,1-2H3,(H,19,20). The van der Waals surface area contributed by atoms with E-state index in [1.807, 2.05) is 0 Å². The van der Waals surface area contributed by atoms with E-state index in [1.54, 1.807) is 26.3 Å². The van der Waals surface area contributed by atoms with E-state index in [1.165, 1.54) is 10.7 Å². The van der Waals surface area contributed by atoms with Gasteiger partial charge in [-0.25, -0.2) is 4.79 Å². The summed E-state index contributed by atoms with van der Waals surface area (Å²) < 4.78 is 12.8. The Morgan fingerprint density at radius 2 is 2.14 bits per heavy atom. The molecule has 0 bridgehead atoms. The molecule has 3 rings (SSSR count). The molecule has 1 aliphatic rings. The van der Waals surface area contributed by atoms with Gasteiger partial charge in [0.2, 0.25) is 0 Å². The van der Waals surface area contributed by atoms with Gasteiger partial charge in [0.05, 0.1) is 18.9 Å². The van der Waals surface area contributed by atoms with Gasteiger partial charge in [0.25, 0.3) is 0 Å². The predicted octanol–water partition coefficient (Wildman–Crippen LogP) is 2.99. The lowest BCUT2D eigenvalue weighted by molar-refractivity contribution is 0.0689. The van der Waals surface area contributed by atoms with Crippen LogP contribution in [0.4, 0.5) is 0 Å². The number of rotatable bonds is 5. The van der Waals surface area contributed by atoms with E-state index >= 15 is 0 Å². The van der Waals surface area contributed by atoms with Gasteiger partial charge in [0, 0.05) is 23.7 Å². The summed E-state index contributed by atoms with van der Waals surface area (Å²) in [6, 6.07) is 4.90. The highest BCUT2D eigenvalue weighted by Crippen LogP contribution is 2.43. The molecule has 1 aromatic carbocycles. The molecule has 1 heterocycles. The van der Waals surface area contributed by atoms with Gasteiger partial charge < -0.3 is 14.6 Å². The van der Waals surface area contributed by atoms with Crippen LogP contribution in [0.15, 0.2) is 18.2 Å². The molecule has 1 aliphatic carbocycles. The molecule has 1 saturated carbocycles. The monoisotopic (exact) mass is 322 g/mol. The number of hydrogen-bond donors (Lipinski definition) is 1. The zero-order chi connectivity index (χ0) is 15.9. The molecule has 7 heteroatoms. The molecular weight excluding hydrogens is 308 g/mol. The maximum absolute atomic E-state index is 11.1. The first kappa shape index (κ1) is 14.7. The Morgan fingerprint density at radius 1 is 1.41 bits per heavy atom. The third kappa shape index (κ3) is 2.74. The summed E-state index contributed by atoms with van der Waals surface area (Å²) in [5.41, 5.74) is 1.24. The minimum Gasteiger partial charge on any atom is -0.493 e. The molecule has 6 nitrogen and oxygen atoms in total. The van der Waals surface area contributed by atoms with Crippen molar-refractivity contribution in [1.29, 1.82) is 0 Å². The Bertz CT molecular complexity index is 737. The van der Waals surface area contributed by atoms with Crippen LogP contribution in [-0.4, -0.2) is 34.1 Å². The number of methoxy groups -OCH3 is 1. The Morgan fingerprint density at radius 3 is 2.68 bits per heavy atom. The zero-order valence-corrected chi connectivity index (χ0v) is 12.9. The summed E-state index contributed by atoms with van der Waals surface area (Å²) in [6.07, 6.45) is 2.16. The van der Waals surface area contributed by atoms with E-state index in [2.05, 4.69) is 5.10 Å². The van der Waals surface area contributed by atoms with Gasteiger partial charge in [-0.2, -0.15) is 5.10 Å². The number of aromatic carboxylic acids is 1. The fourth-order valence-electron chi connectivity index (χ4n) is 2.21. The molecule has 0 spiro atoms. The summed E-state index contributed by atoms with van der Waals surface area (Å²) in [5.74, 6) is 0.00215. The van der Waals surface area contributed by atoms with E-state index < -0.39 is 5.97 Å². The Balaban J connectivity index is 2.15. The average Bonchev–Trinajstić information content (AvgIpc) is 3.20. The van der Waals surface area contributed by atoms with Crippen LogP contribution < -0.4 is 9.47 Å². The molecule has 0 aliphatic heterocycles. The lowest BCUT2D eigenvalue weighted by atomic mass is 10.1. The van der Waals surface area contributed by atoms with Crippen LogP contribution in [0.1, 0.15) is 23.3 Å². The Hall–Kier alpha value is -2.21. The van der Waals surface area contributed by atoms with E-state index in [9.17, 15) is 4.79 Å². The van der Waals surface area contributed by atoms with E-state index in [4.69, 9.17) is 26.2 Å². The number of carboxylic acids is 1. The van der Waals surface area contributed by atoms with Crippen molar-refractivity contribution in [1.82, 2.24) is 9.78 Å². The molecule has 2 aromatic rings. The number of ether oxygens (including phenoxy) is 2. The highest BCUT2D eigenvalue weighted by molar-refractivity contribution is 6.31. The fourth-order valence-corrected chi connectivity index (χ4v) is 2.42. The van der Waals surface area contributed by atoms with Crippen LogP contribution >= 0.6 is 11.6 Å². The molecule has 0 unspecified atom stereocenters. The first-order valence-electron chi connectivity index (χ1n) is 6.81. The molecular formula is C15H15ClN2O4. The molecule has 22 heavy (non-hydrogen) atoms. The third-order valence-electron chi connectivity index (χ3n) is 3.42. The van der Waals surface area contributed by atoms with E-state index in [-0.39, 0.29) is 11.8 Å². The number of aryl methyl sites for hydroxylation is 1. The quantitative estimate of drug-likeness (QED) is 0.916. The average molecular weight is 323 g/mol. The van der Waals surface area contributed by atoms with Crippen LogP contribution in [0.25, 0.3) is 11.3 Å². The second-order valence-electron chi connectivity index (χ2n) is 5.15. The van der Waals surface area contributed by atoms with Gasteiger partial charge >= 0.3 is 5.97 Å². The molecule has 0 amide bonds. The summed E-state index contributed by atoms with van der Waals surface area (Å²) >= 11 is 6.14. The minimum atomic E-state index is -1.08. The molecule has 1 fully saturated rings. The van der Waals surface area contributed by atoms with E-state index in [0.29, 0.717) is 27.8 Å². The zero-order valence-electron chi connectivity index (χ0n) is 12.2. The van der Waals surface area contributed by atoms with Crippen molar-refractivity contribution in [3.8, 4) is 22.8 Å². The number of benzene rings is 1. The normalized spacial score (nSPS) is 14.0. The van der Waals surface area contributed by atoms with Crippen LogP contribution in [-0.2, 0) is 7.05 Å². The Kier molecular flexibility index (Phi) is 3.70. The summed E-state index contributed by atoms with van der Waals surface area (Å²) in [4.78, 5) is 11.1. The molecule has 1 N–H and O–H groups in total. The first-order valence-corrected chi connectivity index (χ1v) is 7.19. The third-order valence-corrected chi connectivity index (χ3v) is 3.64. The largest absolute Gasteiger partial charge is 0.493 e. The van der Waals surface area contributed by atoms with Gasteiger partial charge in [0.1, 0.15) is 0 Å². The number of carboxylic acid groups (broad SMARTS) is 1. The smallest absolute Gasteiger partial charge is 0.356 e. The summed E-state index contributed by atoms with van der Waals surface area (Å²) in [7, 11) is 3.22. The van der Waals surface area contributed by atoms with Crippen LogP contribution in [0.3, 0.4) is 0 Å². The number of aromatic nitrogens is 2. The van der Waals surface area contributed by atoms with Gasteiger partial charge in [0.15, 0.2) is 17.2 Å². The van der Waals surface area contributed by atoms with Crippen molar-refractivity contribution in [2.24, 2.45) is 7.05 Å². The highest BCUT2D eigenvalue weighted by Gasteiger charge is 2.28. The second-order valence-corrected chi connectivity index (χ2v) is 5.58. The van der Waals surface area contributed by atoms with Crippen LogP contribution in [0.2, 0.25) is 5.02 Å². The maximum Gasteiger partial charge on any atom is 0.356 e. The molecule has 1 aromatic heterocycles.